The van der Waals surface area contributed by atoms with E-state index in [0.717, 1.165) is 16.7 Å². The molecule has 0 heterocycles. The number of aliphatic hydroxyl groups excluding tert-OH is 2. The Hall–Kier alpha value is 0.137. The van der Waals surface area contributed by atoms with Crippen molar-refractivity contribution in [3.63, 3.8) is 0 Å². The Kier molecular flexibility index (Phi) is 1.19. The van der Waals surface area contributed by atoms with Crippen LogP contribution in [0.15, 0.2) is 0 Å². The highest BCUT2D eigenvalue weighted by Gasteiger charge is 2.34. The Morgan fingerprint density at radius 2 is 2.00 bits per heavy atom. The average Bonchev–Trinajstić information content (AvgIpc) is 1.68. The Morgan fingerprint density at radius 1 is 1.43 bits per heavy atom. The zero-order valence-electron chi connectivity index (χ0n) is 4.33. The molecule has 1 saturated carbocycles. The van der Waals surface area contributed by atoms with Crippen LogP contribution >= 0.6 is 0 Å². The summed E-state index contributed by atoms with van der Waals surface area (Å²) in [5.41, 5.74) is 0.454. The van der Waals surface area contributed by atoms with Gasteiger partial charge in [0.05, 0.1) is 12.2 Å². The van der Waals surface area contributed by atoms with Gasteiger partial charge >= 0.3 is 0 Å². The lowest BCUT2D eigenvalue weighted by Crippen LogP contribution is -2.42. The van der Waals surface area contributed by atoms with Crippen LogP contribution < -0.4 is 0 Å². The van der Waals surface area contributed by atoms with Gasteiger partial charge in [-0.15, -0.1) is 0 Å². The third-order valence-corrected chi connectivity index (χ3v) is 2.74. The molecule has 1 rings (SSSR count). The summed E-state index contributed by atoms with van der Waals surface area (Å²) in [7, 11) is 1.02. The fourth-order valence-corrected chi connectivity index (χ4v) is 1.77. The molecule has 3 unspecified atom stereocenters. The van der Waals surface area contributed by atoms with Crippen molar-refractivity contribution in [3.8, 4) is 0 Å². The molecule has 1 fully saturated rings. The minimum atomic E-state index is -0.400. The van der Waals surface area contributed by atoms with Crippen molar-refractivity contribution in [2.24, 2.45) is 0 Å². The Labute approximate surface area is 45.6 Å². The lowest BCUT2D eigenvalue weighted by Gasteiger charge is -2.34. The van der Waals surface area contributed by atoms with Gasteiger partial charge in [0.25, 0.3) is 0 Å². The molecule has 2 N–H and O–H groups in total. The molecule has 0 aliphatic heterocycles. The molecule has 0 aromatic carbocycles. The highest BCUT2D eigenvalue weighted by atomic mass is 28.1. The summed E-state index contributed by atoms with van der Waals surface area (Å²) < 4.78 is 0. The Bertz CT molecular complexity index is 68.1. The largest absolute Gasteiger partial charge is 0.390 e. The van der Waals surface area contributed by atoms with E-state index >= 15 is 0 Å². The second-order valence-electron chi connectivity index (χ2n) is 2.27. The van der Waals surface area contributed by atoms with Crippen LogP contribution in [0.5, 0.6) is 0 Å². The molecule has 7 heavy (non-hydrogen) atoms. The molecule has 0 aromatic rings. The topological polar surface area (TPSA) is 40.5 Å². The van der Waals surface area contributed by atoms with Crippen LogP contribution in [0.2, 0.25) is 5.54 Å². The first-order valence-electron chi connectivity index (χ1n) is 2.58. The molecule has 0 spiro atoms. The summed E-state index contributed by atoms with van der Waals surface area (Å²) in [5.74, 6) is 0. The van der Waals surface area contributed by atoms with E-state index in [2.05, 4.69) is 0 Å². The van der Waals surface area contributed by atoms with E-state index in [9.17, 15) is 0 Å². The zero-order valence-corrected chi connectivity index (χ0v) is 6.33. The maximum atomic E-state index is 8.77. The van der Waals surface area contributed by atoms with Gasteiger partial charge in [-0.05, 0) is 12.0 Å². The summed E-state index contributed by atoms with van der Waals surface area (Å²) in [6, 6.07) is 0. The number of aliphatic hydroxyl groups is 2. The zero-order chi connectivity index (χ0) is 5.44. The van der Waals surface area contributed by atoms with E-state index in [0.29, 0.717) is 5.54 Å². The van der Waals surface area contributed by atoms with Crippen molar-refractivity contribution in [2.45, 2.75) is 24.2 Å². The summed E-state index contributed by atoms with van der Waals surface area (Å²) in [4.78, 5) is 0. The first kappa shape index (κ1) is 5.28. The second-order valence-corrected chi connectivity index (χ2v) is 3.75. The fourth-order valence-electron chi connectivity index (χ4n) is 0.843. The van der Waals surface area contributed by atoms with Gasteiger partial charge < -0.3 is 10.2 Å². The van der Waals surface area contributed by atoms with Gasteiger partial charge in [-0.2, -0.15) is 0 Å². The maximum absolute atomic E-state index is 8.77. The molecule has 1 aliphatic carbocycles. The van der Waals surface area contributed by atoms with E-state index in [-0.39, 0.29) is 6.10 Å². The molecule has 1 aliphatic rings. The summed E-state index contributed by atoms with van der Waals surface area (Å²) in [6.45, 7) is 0. The molecule has 42 valence electrons. The molecule has 3 heteroatoms. The first-order valence-corrected chi connectivity index (χ1v) is 3.73. The number of hydrogen-bond donors (Lipinski definition) is 2. The molecule has 0 radical (unpaired) electrons. The minimum Gasteiger partial charge on any atom is -0.390 e. The van der Waals surface area contributed by atoms with E-state index in [4.69, 9.17) is 10.2 Å². The van der Waals surface area contributed by atoms with Gasteiger partial charge in [0, 0.05) is 10.2 Å². The van der Waals surface area contributed by atoms with Crippen LogP contribution in [-0.4, -0.2) is 32.7 Å². The highest BCUT2D eigenvalue weighted by Crippen LogP contribution is 2.29. The average molecular weight is 118 g/mol. The maximum Gasteiger partial charge on any atom is 0.0799 e. The van der Waals surface area contributed by atoms with Crippen LogP contribution in [0.4, 0.5) is 0 Å². The lowest BCUT2D eigenvalue weighted by molar-refractivity contribution is -0.0505. The monoisotopic (exact) mass is 118 g/mol. The van der Waals surface area contributed by atoms with Gasteiger partial charge in [0.2, 0.25) is 0 Å². The number of hydrogen-bond acceptors (Lipinski definition) is 2. The van der Waals surface area contributed by atoms with Crippen molar-refractivity contribution in [1.82, 2.24) is 0 Å². The van der Waals surface area contributed by atoms with Crippen LogP contribution in [0.1, 0.15) is 6.42 Å². The molecule has 0 bridgehead atoms. The molecular formula is C4H10O2Si. The predicted molar refractivity (Wildman–Crippen MR) is 30.3 cm³/mol. The number of rotatable bonds is 0. The van der Waals surface area contributed by atoms with E-state index in [1.807, 2.05) is 0 Å². The van der Waals surface area contributed by atoms with Gasteiger partial charge in [0.15, 0.2) is 0 Å². The van der Waals surface area contributed by atoms with E-state index < -0.39 is 6.10 Å². The third-order valence-electron chi connectivity index (χ3n) is 1.59. The van der Waals surface area contributed by atoms with Crippen LogP contribution in [0.25, 0.3) is 0 Å². The Balaban J connectivity index is 2.29. The normalized spacial score (nSPS) is 51.4. The van der Waals surface area contributed by atoms with Crippen molar-refractivity contribution in [3.05, 3.63) is 0 Å². The van der Waals surface area contributed by atoms with Crippen LogP contribution in [0.3, 0.4) is 0 Å². The van der Waals surface area contributed by atoms with E-state index in [1.165, 1.54) is 0 Å². The standard InChI is InChI=1S/C4H10O2Si/c5-2-1-3(7)4(2)6/h2-6H,1H2,7H3. The van der Waals surface area contributed by atoms with Crippen molar-refractivity contribution >= 4 is 10.2 Å². The van der Waals surface area contributed by atoms with Crippen molar-refractivity contribution in [1.29, 1.82) is 0 Å². The van der Waals surface area contributed by atoms with E-state index in [1.54, 1.807) is 0 Å². The first-order chi connectivity index (χ1) is 3.22. The molecular weight excluding hydrogens is 108 g/mol. The van der Waals surface area contributed by atoms with Gasteiger partial charge in [-0.3, -0.25) is 0 Å². The van der Waals surface area contributed by atoms with Gasteiger partial charge in [-0.25, -0.2) is 0 Å². The molecule has 0 aromatic heterocycles. The predicted octanol–water partition coefficient (Wildman–Crippen LogP) is -1.73. The molecule has 3 atom stereocenters. The fraction of sp³-hybridized carbons (Fsp3) is 1.00. The molecule has 2 nitrogen and oxygen atoms in total. The second kappa shape index (κ2) is 1.58. The molecule has 0 saturated heterocycles. The van der Waals surface area contributed by atoms with Crippen molar-refractivity contribution in [2.75, 3.05) is 0 Å². The SMILES string of the molecule is OC1CC([SiH3])C1O. The third kappa shape index (κ3) is 0.713. The van der Waals surface area contributed by atoms with Gasteiger partial charge in [0.1, 0.15) is 0 Å². The lowest BCUT2D eigenvalue weighted by atomic mass is 9.91. The molecule has 0 amide bonds. The Morgan fingerprint density at radius 3 is 2.00 bits per heavy atom. The highest BCUT2D eigenvalue weighted by molar-refractivity contribution is 6.12. The smallest absolute Gasteiger partial charge is 0.0799 e. The minimum absolute atomic E-state index is 0.383. The summed E-state index contributed by atoms with van der Waals surface area (Å²) in [6.07, 6.45) is 0.0436. The summed E-state index contributed by atoms with van der Waals surface area (Å²) >= 11 is 0. The summed E-state index contributed by atoms with van der Waals surface area (Å²) in [5, 5.41) is 17.4. The quantitative estimate of drug-likeness (QED) is 0.371. The van der Waals surface area contributed by atoms with Gasteiger partial charge in [-0.1, -0.05) is 0 Å². The van der Waals surface area contributed by atoms with Crippen LogP contribution in [0, 0.1) is 0 Å². The van der Waals surface area contributed by atoms with Crippen LogP contribution in [-0.2, 0) is 0 Å². The van der Waals surface area contributed by atoms with Crippen molar-refractivity contribution < 1.29 is 10.2 Å².